The fourth-order valence-electron chi connectivity index (χ4n) is 2.79. The molecule has 1 aromatic rings. The summed E-state index contributed by atoms with van der Waals surface area (Å²) in [6, 6.07) is 5.84. The lowest BCUT2D eigenvalue weighted by Crippen LogP contribution is -2.03. The van der Waals surface area contributed by atoms with Crippen LogP contribution < -0.4 is 0 Å². The van der Waals surface area contributed by atoms with Crippen LogP contribution in [0.2, 0.25) is 0 Å². The number of rotatable bonds is 2. The van der Waals surface area contributed by atoms with E-state index in [1.54, 1.807) is 6.07 Å². The van der Waals surface area contributed by atoms with Crippen molar-refractivity contribution in [2.45, 2.75) is 51.4 Å². The molecule has 0 atom stereocenters. The molecule has 0 spiro atoms. The quantitative estimate of drug-likeness (QED) is 0.778. The predicted octanol–water partition coefficient (Wildman–Crippen LogP) is 4.13. The number of carboxylic acids is 1. The van der Waals surface area contributed by atoms with E-state index in [2.05, 4.69) is 6.07 Å². The summed E-state index contributed by atoms with van der Waals surface area (Å²) in [6.45, 7) is 1.89. The molecule has 0 amide bonds. The van der Waals surface area contributed by atoms with Crippen molar-refractivity contribution in [3.05, 3.63) is 34.9 Å². The van der Waals surface area contributed by atoms with E-state index in [-0.39, 0.29) is 0 Å². The van der Waals surface area contributed by atoms with Gasteiger partial charge >= 0.3 is 5.97 Å². The first-order chi connectivity index (χ1) is 8.18. The van der Waals surface area contributed by atoms with Crippen LogP contribution in [0.3, 0.4) is 0 Å². The molecule has 92 valence electrons. The van der Waals surface area contributed by atoms with Crippen molar-refractivity contribution in [1.29, 1.82) is 0 Å². The lowest BCUT2D eigenvalue weighted by atomic mass is 9.90. The molecular weight excluding hydrogens is 212 g/mol. The Bertz CT molecular complexity index is 401. The van der Waals surface area contributed by atoms with Crippen LogP contribution in [0.15, 0.2) is 18.2 Å². The van der Waals surface area contributed by atoms with Crippen LogP contribution in [0.5, 0.6) is 0 Å². The zero-order valence-corrected chi connectivity index (χ0v) is 10.4. The molecule has 0 bridgehead atoms. The van der Waals surface area contributed by atoms with E-state index >= 15 is 0 Å². The van der Waals surface area contributed by atoms with Crippen molar-refractivity contribution >= 4 is 5.97 Å². The fourth-order valence-corrected chi connectivity index (χ4v) is 2.79. The van der Waals surface area contributed by atoms with Gasteiger partial charge in [0.1, 0.15) is 0 Å². The minimum Gasteiger partial charge on any atom is -0.478 e. The van der Waals surface area contributed by atoms with Crippen molar-refractivity contribution in [1.82, 2.24) is 0 Å². The molecule has 2 rings (SSSR count). The molecule has 1 aromatic carbocycles. The van der Waals surface area contributed by atoms with E-state index in [1.807, 2.05) is 13.0 Å². The van der Waals surface area contributed by atoms with Gasteiger partial charge in [0.05, 0.1) is 5.56 Å². The number of carboxylic acid groups (broad SMARTS) is 1. The Morgan fingerprint density at radius 3 is 2.35 bits per heavy atom. The number of hydrogen-bond donors (Lipinski definition) is 1. The predicted molar refractivity (Wildman–Crippen MR) is 68.6 cm³/mol. The van der Waals surface area contributed by atoms with Gasteiger partial charge < -0.3 is 5.11 Å². The van der Waals surface area contributed by atoms with Crippen LogP contribution in [-0.2, 0) is 0 Å². The average molecular weight is 232 g/mol. The largest absolute Gasteiger partial charge is 0.478 e. The molecule has 2 nitrogen and oxygen atoms in total. The second-order valence-electron chi connectivity index (χ2n) is 5.07. The SMILES string of the molecule is Cc1cc(C2CCCCCC2)ccc1C(=O)O. The van der Waals surface area contributed by atoms with Gasteiger partial charge in [-0.05, 0) is 42.9 Å². The average Bonchev–Trinajstić information content (AvgIpc) is 2.56. The van der Waals surface area contributed by atoms with Gasteiger partial charge in [0, 0.05) is 0 Å². The third-order valence-electron chi connectivity index (χ3n) is 3.81. The highest BCUT2D eigenvalue weighted by Crippen LogP contribution is 2.32. The van der Waals surface area contributed by atoms with Crippen LogP contribution in [0.4, 0.5) is 0 Å². The van der Waals surface area contributed by atoms with E-state index in [0.29, 0.717) is 11.5 Å². The van der Waals surface area contributed by atoms with Crippen molar-refractivity contribution in [3.63, 3.8) is 0 Å². The summed E-state index contributed by atoms with van der Waals surface area (Å²) in [4.78, 5) is 11.0. The lowest BCUT2D eigenvalue weighted by Gasteiger charge is -2.15. The Morgan fingerprint density at radius 1 is 1.18 bits per heavy atom. The summed E-state index contributed by atoms with van der Waals surface area (Å²) < 4.78 is 0. The van der Waals surface area contributed by atoms with Gasteiger partial charge in [-0.25, -0.2) is 4.79 Å². The molecule has 0 unspecified atom stereocenters. The number of aryl methyl sites for hydroxylation is 1. The van der Waals surface area contributed by atoms with Gasteiger partial charge in [-0.2, -0.15) is 0 Å². The maximum atomic E-state index is 11.0. The van der Waals surface area contributed by atoms with E-state index in [4.69, 9.17) is 5.11 Å². The molecule has 1 saturated carbocycles. The van der Waals surface area contributed by atoms with Gasteiger partial charge in [-0.15, -0.1) is 0 Å². The van der Waals surface area contributed by atoms with E-state index in [0.717, 1.165) is 5.56 Å². The molecule has 0 heterocycles. The molecule has 0 radical (unpaired) electrons. The van der Waals surface area contributed by atoms with Crippen molar-refractivity contribution in [2.24, 2.45) is 0 Å². The van der Waals surface area contributed by atoms with Crippen LogP contribution >= 0.6 is 0 Å². The maximum absolute atomic E-state index is 11.0. The van der Waals surface area contributed by atoms with Gasteiger partial charge in [-0.1, -0.05) is 37.8 Å². The summed E-state index contributed by atoms with van der Waals surface area (Å²) in [6.07, 6.45) is 7.83. The highest BCUT2D eigenvalue weighted by molar-refractivity contribution is 5.89. The first-order valence-electron chi connectivity index (χ1n) is 6.52. The Morgan fingerprint density at radius 2 is 1.82 bits per heavy atom. The fraction of sp³-hybridized carbons (Fsp3) is 0.533. The van der Waals surface area contributed by atoms with Crippen molar-refractivity contribution < 1.29 is 9.90 Å². The number of aromatic carboxylic acids is 1. The molecule has 1 fully saturated rings. The number of carbonyl (C=O) groups is 1. The maximum Gasteiger partial charge on any atom is 0.335 e. The second-order valence-corrected chi connectivity index (χ2v) is 5.07. The zero-order valence-electron chi connectivity index (χ0n) is 10.4. The molecule has 0 aliphatic heterocycles. The van der Waals surface area contributed by atoms with Gasteiger partial charge in [0.15, 0.2) is 0 Å². The Labute approximate surface area is 103 Å². The highest BCUT2D eigenvalue weighted by atomic mass is 16.4. The van der Waals surface area contributed by atoms with Crippen LogP contribution in [-0.4, -0.2) is 11.1 Å². The minimum absolute atomic E-state index is 0.433. The second kappa shape index (κ2) is 5.35. The first kappa shape index (κ1) is 12.2. The van der Waals surface area contributed by atoms with Crippen molar-refractivity contribution in [2.75, 3.05) is 0 Å². The standard InChI is InChI=1S/C15H20O2/c1-11-10-13(8-9-14(11)15(16)17)12-6-4-2-3-5-7-12/h8-10,12H,2-7H2,1H3,(H,16,17). The van der Waals surface area contributed by atoms with Crippen LogP contribution in [0.25, 0.3) is 0 Å². The van der Waals surface area contributed by atoms with Gasteiger partial charge in [-0.3, -0.25) is 0 Å². The summed E-state index contributed by atoms with van der Waals surface area (Å²) in [7, 11) is 0. The lowest BCUT2D eigenvalue weighted by molar-refractivity contribution is 0.0696. The zero-order chi connectivity index (χ0) is 12.3. The Hall–Kier alpha value is -1.31. The molecule has 0 aromatic heterocycles. The van der Waals surface area contributed by atoms with E-state index < -0.39 is 5.97 Å². The number of benzene rings is 1. The molecule has 1 N–H and O–H groups in total. The monoisotopic (exact) mass is 232 g/mol. The smallest absolute Gasteiger partial charge is 0.335 e. The molecule has 1 aliphatic carbocycles. The van der Waals surface area contributed by atoms with E-state index in [9.17, 15) is 4.79 Å². The topological polar surface area (TPSA) is 37.3 Å². The molecular formula is C15H20O2. The molecule has 2 heteroatoms. The minimum atomic E-state index is -0.824. The third kappa shape index (κ3) is 2.87. The summed E-state index contributed by atoms with van der Waals surface area (Å²) >= 11 is 0. The molecule has 1 aliphatic rings. The summed E-state index contributed by atoms with van der Waals surface area (Å²) in [5.74, 6) is -0.186. The first-order valence-corrected chi connectivity index (χ1v) is 6.52. The summed E-state index contributed by atoms with van der Waals surface area (Å²) in [5.41, 5.74) is 2.65. The molecule has 17 heavy (non-hydrogen) atoms. The van der Waals surface area contributed by atoms with Crippen LogP contribution in [0, 0.1) is 6.92 Å². The number of hydrogen-bond acceptors (Lipinski definition) is 1. The summed E-state index contributed by atoms with van der Waals surface area (Å²) in [5, 5.41) is 9.01. The van der Waals surface area contributed by atoms with Gasteiger partial charge in [0.25, 0.3) is 0 Å². The molecule has 0 saturated heterocycles. The van der Waals surface area contributed by atoms with Crippen LogP contribution in [0.1, 0.15) is 65.9 Å². The van der Waals surface area contributed by atoms with E-state index in [1.165, 1.54) is 44.1 Å². The normalized spacial score (nSPS) is 17.7. The Kier molecular flexibility index (Phi) is 3.82. The Balaban J connectivity index is 2.21. The third-order valence-corrected chi connectivity index (χ3v) is 3.81. The van der Waals surface area contributed by atoms with Crippen molar-refractivity contribution in [3.8, 4) is 0 Å². The van der Waals surface area contributed by atoms with Gasteiger partial charge in [0.2, 0.25) is 0 Å². The highest BCUT2D eigenvalue weighted by Gasteiger charge is 2.16.